The molecule has 1 saturated heterocycles. The van der Waals surface area contributed by atoms with E-state index in [0.29, 0.717) is 17.7 Å². The summed E-state index contributed by atoms with van der Waals surface area (Å²) in [4.78, 5) is 6.61. The second kappa shape index (κ2) is 6.91. The summed E-state index contributed by atoms with van der Waals surface area (Å²) in [6, 6.07) is 4.83. The standard InChI is InChI=1S/C19H22F3N3O2/c1-11(25-9-13-5-6-16(26)8-14(13)10-25)18-23-17(24-27-18)12-3-2-4-15(7-12)19(20,21)22/h2-4,7,11,13-14,16,26H,5-6,8-10H2,1H3. The highest BCUT2D eigenvalue weighted by Crippen LogP contribution is 2.39. The van der Waals surface area contributed by atoms with E-state index >= 15 is 0 Å². The molecule has 1 saturated carbocycles. The largest absolute Gasteiger partial charge is 0.416 e. The molecule has 5 nitrogen and oxygen atoms in total. The van der Waals surface area contributed by atoms with Gasteiger partial charge in [0, 0.05) is 18.7 Å². The van der Waals surface area contributed by atoms with Gasteiger partial charge in [-0.2, -0.15) is 18.2 Å². The molecular weight excluding hydrogens is 359 g/mol. The number of benzene rings is 1. The number of nitrogens with zero attached hydrogens (tertiary/aromatic N) is 3. The number of hydrogen-bond acceptors (Lipinski definition) is 5. The fourth-order valence-corrected chi connectivity index (χ4v) is 4.27. The maximum absolute atomic E-state index is 12.9. The molecule has 2 aliphatic rings. The molecule has 0 spiro atoms. The normalized spacial score (nSPS) is 27.5. The first-order chi connectivity index (χ1) is 12.8. The van der Waals surface area contributed by atoms with E-state index in [0.717, 1.165) is 44.5 Å². The summed E-state index contributed by atoms with van der Waals surface area (Å²) < 4.78 is 44.1. The van der Waals surface area contributed by atoms with Gasteiger partial charge in [-0.25, -0.2) is 0 Å². The average Bonchev–Trinajstić information content (AvgIpc) is 3.27. The van der Waals surface area contributed by atoms with E-state index in [1.165, 1.54) is 6.07 Å². The highest BCUT2D eigenvalue weighted by atomic mass is 19.4. The van der Waals surface area contributed by atoms with E-state index in [1.807, 2.05) is 6.92 Å². The van der Waals surface area contributed by atoms with Crippen LogP contribution in [0.5, 0.6) is 0 Å². The van der Waals surface area contributed by atoms with Crippen molar-refractivity contribution >= 4 is 0 Å². The first kappa shape index (κ1) is 18.4. The molecule has 0 radical (unpaired) electrons. The van der Waals surface area contributed by atoms with Gasteiger partial charge in [-0.1, -0.05) is 17.3 Å². The summed E-state index contributed by atoms with van der Waals surface area (Å²) in [5.74, 6) is 1.61. The number of alkyl halides is 3. The van der Waals surface area contributed by atoms with Crippen molar-refractivity contribution in [2.45, 2.75) is 44.5 Å². The van der Waals surface area contributed by atoms with Crippen molar-refractivity contribution in [3.63, 3.8) is 0 Å². The number of rotatable bonds is 3. The highest BCUT2D eigenvalue weighted by molar-refractivity contribution is 5.55. The molecule has 1 aromatic heterocycles. The van der Waals surface area contributed by atoms with Crippen LogP contribution in [0.1, 0.15) is 43.7 Å². The van der Waals surface area contributed by atoms with Gasteiger partial charge < -0.3 is 9.63 Å². The molecule has 1 aliphatic carbocycles. The highest BCUT2D eigenvalue weighted by Gasteiger charge is 2.40. The number of likely N-dealkylation sites (tertiary alicyclic amines) is 1. The molecule has 8 heteroatoms. The first-order valence-corrected chi connectivity index (χ1v) is 9.24. The Labute approximate surface area is 155 Å². The van der Waals surface area contributed by atoms with Crippen LogP contribution in [-0.2, 0) is 6.18 Å². The minimum absolute atomic E-state index is 0.111. The lowest BCUT2D eigenvalue weighted by atomic mass is 9.80. The summed E-state index contributed by atoms with van der Waals surface area (Å²) >= 11 is 0. The van der Waals surface area contributed by atoms with Gasteiger partial charge >= 0.3 is 6.18 Å². The van der Waals surface area contributed by atoms with Crippen molar-refractivity contribution < 1.29 is 22.8 Å². The maximum atomic E-state index is 12.9. The van der Waals surface area contributed by atoms with Gasteiger partial charge in [-0.05, 0) is 50.2 Å². The van der Waals surface area contributed by atoms with Crippen molar-refractivity contribution in [1.82, 2.24) is 15.0 Å². The fourth-order valence-electron chi connectivity index (χ4n) is 4.27. The lowest BCUT2D eigenvalue weighted by Crippen LogP contribution is -2.26. The summed E-state index contributed by atoms with van der Waals surface area (Å²) in [6.45, 7) is 3.75. The van der Waals surface area contributed by atoms with E-state index in [1.54, 1.807) is 6.07 Å². The van der Waals surface area contributed by atoms with Crippen LogP contribution in [-0.4, -0.2) is 39.3 Å². The van der Waals surface area contributed by atoms with Crippen LogP contribution < -0.4 is 0 Å². The SMILES string of the molecule is CC(c1nc(-c2cccc(C(F)(F)F)c2)no1)N1CC2CCC(O)CC2C1. The molecule has 2 aromatic rings. The minimum Gasteiger partial charge on any atom is -0.393 e. The van der Waals surface area contributed by atoms with Crippen LogP contribution in [0.25, 0.3) is 11.4 Å². The van der Waals surface area contributed by atoms with Crippen molar-refractivity contribution in [2.24, 2.45) is 11.8 Å². The van der Waals surface area contributed by atoms with Crippen LogP contribution >= 0.6 is 0 Å². The molecule has 146 valence electrons. The van der Waals surface area contributed by atoms with Gasteiger partial charge in [0.15, 0.2) is 0 Å². The molecule has 1 aliphatic heterocycles. The van der Waals surface area contributed by atoms with Crippen molar-refractivity contribution in [1.29, 1.82) is 0 Å². The quantitative estimate of drug-likeness (QED) is 0.874. The summed E-state index contributed by atoms with van der Waals surface area (Å²) in [5.41, 5.74) is -0.452. The predicted octanol–water partition coefficient (Wildman–Crippen LogP) is 3.91. The van der Waals surface area contributed by atoms with Crippen LogP contribution in [0.2, 0.25) is 0 Å². The number of hydrogen-bond donors (Lipinski definition) is 1. The molecule has 4 atom stereocenters. The zero-order valence-electron chi connectivity index (χ0n) is 15.0. The topological polar surface area (TPSA) is 62.4 Å². The first-order valence-electron chi connectivity index (χ1n) is 9.24. The van der Waals surface area contributed by atoms with Crippen molar-refractivity contribution in [3.05, 3.63) is 35.7 Å². The Bertz CT molecular complexity index is 807. The number of aliphatic hydroxyl groups is 1. The monoisotopic (exact) mass is 381 g/mol. The smallest absolute Gasteiger partial charge is 0.393 e. The van der Waals surface area contributed by atoms with Crippen LogP contribution in [0.15, 0.2) is 28.8 Å². The Kier molecular flexibility index (Phi) is 4.71. The molecule has 2 fully saturated rings. The summed E-state index contributed by atoms with van der Waals surface area (Å²) in [7, 11) is 0. The summed E-state index contributed by atoms with van der Waals surface area (Å²) in [5, 5.41) is 13.8. The fraction of sp³-hybridized carbons (Fsp3) is 0.579. The zero-order valence-corrected chi connectivity index (χ0v) is 15.0. The van der Waals surface area contributed by atoms with E-state index < -0.39 is 11.7 Å². The summed E-state index contributed by atoms with van der Waals surface area (Å²) in [6.07, 6.45) is -1.92. The van der Waals surface area contributed by atoms with Gasteiger partial charge in [-0.15, -0.1) is 0 Å². The third kappa shape index (κ3) is 3.73. The second-order valence-corrected chi connectivity index (χ2v) is 7.65. The van der Waals surface area contributed by atoms with Crippen LogP contribution in [0.3, 0.4) is 0 Å². The zero-order chi connectivity index (χ0) is 19.2. The van der Waals surface area contributed by atoms with Gasteiger partial charge in [-0.3, -0.25) is 4.90 Å². The molecule has 1 aromatic carbocycles. The minimum atomic E-state index is -4.41. The lowest BCUT2D eigenvalue weighted by Gasteiger charge is -2.27. The van der Waals surface area contributed by atoms with Gasteiger partial charge in [0.05, 0.1) is 17.7 Å². The third-order valence-electron chi connectivity index (χ3n) is 5.85. The van der Waals surface area contributed by atoms with Crippen LogP contribution in [0.4, 0.5) is 13.2 Å². The van der Waals surface area contributed by atoms with Crippen molar-refractivity contribution in [2.75, 3.05) is 13.1 Å². The van der Waals surface area contributed by atoms with E-state index in [-0.39, 0.29) is 23.5 Å². The third-order valence-corrected chi connectivity index (χ3v) is 5.85. The Balaban J connectivity index is 1.50. The maximum Gasteiger partial charge on any atom is 0.416 e. The average molecular weight is 381 g/mol. The van der Waals surface area contributed by atoms with Crippen LogP contribution in [0, 0.1) is 11.8 Å². The van der Waals surface area contributed by atoms with Gasteiger partial charge in [0.1, 0.15) is 0 Å². The lowest BCUT2D eigenvalue weighted by molar-refractivity contribution is -0.137. The van der Waals surface area contributed by atoms with E-state index in [2.05, 4.69) is 15.0 Å². The Morgan fingerprint density at radius 1 is 1.22 bits per heavy atom. The Hall–Kier alpha value is -1.93. The molecule has 1 N–H and O–H groups in total. The number of halogens is 3. The van der Waals surface area contributed by atoms with Crippen molar-refractivity contribution in [3.8, 4) is 11.4 Å². The molecule has 0 amide bonds. The molecule has 27 heavy (non-hydrogen) atoms. The van der Waals surface area contributed by atoms with E-state index in [9.17, 15) is 18.3 Å². The molecule has 0 bridgehead atoms. The van der Waals surface area contributed by atoms with E-state index in [4.69, 9.17) is 4.52 Å². The number of fused-ring (bicyclic) bond motifs is 1. The Morgan fingerprint density at radius 3 is 2.78 bits per heavy atom. The molecule has 2 heterocycles. The molecular formula is C19H22F3N3O2. The number of aliphatic hydroxyl groups excluding tert-OH is 1. The number of aromatic nitrogens is 2. The van der Waals surface area contributed by atoms with Gasteiger partial charge in [0.25, 0.3) is 0 Å². The second-order valence-electron chi connectivity index (χ2n) is 7.65. The predicted molar refractivity (Wildman–Crippen MR) is 91.6 cm³/mol. The molecule has 4 unspecified atom stereocenters. The molecule has 4 rings (SSSR count). The Morgan fingerprint density at radius 2 is 2.00 bits per heavy atom. The van der Waals surface area contributed by atoms with Gasteiger partial charge in [0.2, 0.25) is 11.7 Å².